The second kappa shape index (κ2) is 5.68. The molecule has 1 N–H and O–H groups in total. The Morgan fingerprint density at radius 3 is 2.48 bits per heavy atom. The van der Waals surface area contributed by atoms with E-state index in [2.05, 4.69) is 15.3 Å². The molecule has 3 aromatic rings. The molecule has 0 fully saturated rings. The third kappa shape index (κ3) is 2.91. The van der Waals surface area contributed by atoms with Gasteiger partial charge in [0.15, 0.2) is 0 Å². The molecule has 8 nitrogen and oxygen atoms in total. The quantitative estimate of drug-likeness (QED) is 0.574. The van der Waals surface area contributed by atoms with Crippen LogP contribution in [-0.2, 0) is 0 Å². The number of anilines is 2. The van der Waals surface area contributed by atoms with Crippen LogP contribution in [0.1, 0.15) is 10.4 Å². The molecular formula is C15H9N4O4-. The molecule has 8 heteroatoms. The summed E-state index contributed by atoms with van der Waals surface area (Å²) in [6.07, 6.45) is 1.34. The number of carboxylic acid groups (broad SMARTS) is 1. The largest absolute Gasteiger partial charge is 0.545 e. The van der Waals surface area contributed by atoms with E-state index in [9.17, 15) is 20.0 Å². The van der Waals surface area contributed by atoms with E-state index in [1.807, 2.05) is 0 Å². The van der Waals surface area contributed by atoms with E-state index in [-0.39, 0.29) is 11.3 Å². The van der Waals surface area contributed by atoms with Crippen LogP contribution in [0.3, 0.4) is 0 Å². The molecule has 1 heterocycles. The van der Waals surface area contributed by atoms with Crippen molar-refractivity contribution in [3.8, 4) is 0 Å². The zero-order valence-electron chi connectivity index (χ0n) is 11.6. The Kier molecular flexibility index (Phi) is 3.55. The minimum Gasteiger partial charge on any atom is -0.545 e. The number of hydrogen-bond donors (Lipinski definition) is 1. The zero-order valence-corrected chi connectivity index (χ0v) is 11.6. The maximum Gasteiger partial charge on any atom is 0.270 e. The van der Waals surface area contributed by atoms with Crippen LogP contribution >= 0.6 is 0 Å². The van der Waals surface area contributed by atoms with E-state index < -0.39 is 10.9 Å². The van der Waals surface area contributed by atoms with Gasteiger partial charge in [0, 0.05) is 23.2 Å². The first-order valence-corrected chi connectivity index (χ1v) is 6.52. The number of nitrogens with one attached hydrogen (secondary N) is 1. The topological polar surface area (TPSA) is 121 Å². The lowest BCUT2D eigenvalue weighted by Gasteiger charge is -2.09. The van der Waals surface area contributed by atoms with Gasteiger partial charge in [0.2, 0.25) is 0 Å². The molecule has 0 unspecified atom stereocenters. The van der Waals surface area contributed by atoms with Gasteiger partial charge >= 0.3 is 0 Å². The van der Waals surface area contributed by atoms with E-state index in [0.29, 0.717) is 22.4 Å². The number of benzene rings is 2. The highest BCUT2D eigenvalue weighted by Crippen LogP contribution is 2.26. The van der Waals surface area contributed by atoms with Crippen molar-refractivity contribution in [2.24, 2.45) is 0 Å². The molecule has 0 aliphatic carbocycles. The number of aromatic carboxylic acids is 1. The Hall–Kier alpha value is -3.55. The molecule has 0 saturated carbocycles. The maximum absolute atomic E-state index is 10.9. The van der Waals surface area contributed by atoms with Crippen LogP contribution in [0.5, 0.6) is 0 Å². The fourth-order valence-corrected chi connectivity index (χ4v) is 2.08. The second-order valence-electron chi connectivity index (χ2n) is 4.67. The van der Waals surface area contributed by atoms with E-state index in [1.165, 1.54) is 30.6 Å². The number of nitro groups is 1. The first kappa shape index (κ1) is 14.4. The van der Waals surface area contributed by atoms with Crippen molar-refractivity contribution < 1.29 is 14.8 Å². The highest BCUT2D eigenvalue weighted by molar-refractivity contribution is 5.92. The van der Waals surface area contributed by atoms with E-state index in [1.54, 1.807) is 18.2 Å². The minimum absolute atomic E-state index is 0.0544. The van der Waals surface area contributed by atoms with E-state index >= 15 is 0 Å². The Labute approximate surface area is 129 Å². The molecule has 0 radical (unpaired) electrons. The minimum atomic E-state index is -1.26. The van der Waals surface area contributed by atoms with Gasteiger partial charge < -0.3 is 15.2 Å². The van der Waals surface area contributed by atoms with Gasteiger partial charge in [0.25, 0.3) is 5.69 Å². The number of carboxylic acids is 1. The summed E-state index contributed by atoms with van der Waals surface area (Å²) in [6, 6.07) is 10.2. The van der Waals surface area contributed by atoms with Crippen molar-refractivity contribution in [1.29, 1.82) is 0 Å². The molecule has 23 heavy (non-hydrogen) atoms. The molecular weight excluding hydrogens is 300 g/mol. The standard InChI is InChI=1S/C15H10N4O4/c20-15(21)9-1-3-10(4-2-9)18-14-12-7-11(19(22)23)5-6-13(12)16-8-17-14/h1-8H,(H,20,21)(H,16,17,18)/p-1. The molecule has 3 rings (SSSR count). The Balaban J connectivity index is 2.00. The number of carbonyl (C=O) groups excluding carboxylic acids is 1. The Morgan fingerprint density at radius 2 is 1.83 bits per heavy atom. The van der Waals surface area contributed by atoms with Crippen molar-refractivity contribution in [3.63, 3.8) is 0 Å². The average Bonchev–Trinajstić information content (AvgIpc) is 2.55. The van der Waals surface area contributed by atoms with Crippen LogP contribution in [0, 0.1) is 10.1 Å². The summed E-state index contributed by atoms with van der Waals surface area (Å²) in [6.45, 7) is 0. The van der Waals surface area contributed by atoms with Crippen molar-refractivity contribution in [2.45, 2.75) is 0 Å². The van der Waals surface area contributed by atoms with Gasteiger partial charge in [-0.1, -0.05) is 12.1 Å². The number of fused-ring (bicyclic) bond motifs is 1. The van der Waals surface area contributed by atoms with Gasteiger partial charge in [-0.2, -0.15) is 0 Å². The summed E-state index contributed by atoms with van der Waals surface area (Å²) in [4.78, 5) is 29.3. The van der Waals surface area contributed by atoms with Crippen LogP contribution in [0.2, 0.25) is 0 Å². The summed E-state index contributed by atoms with van der Waals surface area (Å²) in [5.41, 5.74) is 1.13. The lowest BCUT2D eigenvalue weighted by molar-refractivity contribution is -0.384. The van der Waals surface area contributed by atoms with Crippen LogP contribution < -0.4 is 10.4 Å². The van der Waals surface area contributed by atoms with Gasteiger partial charge in [0.05, 0.1) is 16.4 Å². The molecule has 0 aliphatic rings. The van der Waals surface area contributed by atoms with Gasteiger partial charge in [-0.05, 0) is 23.8 Å². The van der Waals surface area contributed by atoms with Crippen LogP contribution in [0.4, 0.5) is 17.2 Å². The summed E-state index contributed by atoms with van der Waals surface area (Å²) < 4.78 is 0. The van der Waals surface area contributed by atoms with Crippen molar-refractivity contribution in [2.75, 3.05) is 5.32 Å². The predicted molar refractivity (Wildman–Crippen MR) is 80.2 cm³/mol. The monoisotopic (exact) mass is 309 g/mol. The van der Waals surface area contributed by atoms with Crippen LogP contribution in [0.15, 0.2) is 48.8 Å². The molecule has 0 amide bonds. The highest BCUT2D eigenvalue weighted by Gasteiger charge is 2.10. The SMILES string of the molecule is O=C([O-])c1ccc(Nc2ncnc3ccc([N+](=O)[O-])cc23)cc1. The maximum atomic E-state index is 10.9. The number of nitrogens with zero attached hydrogens (tertiary/aromatic N) is 3. The van der Waals surface area contributed by atoms with Crippen LogP contribution in [-0.4, -0.2) is 20.9 Å². The lowest BCUT2D eigenvalue weighted by Crippen LogP contribution is -2.21. The summed E-state index contributed by atoms with van der Waals surface area (Å²) in [5, 5.41) is 25.1. The fraction of sp³-hybridized carbons (Fsp3) is 0. The Morgan fingerprint density at radius 1 is 1.09 bits per heavy atom. The molecule has 2 aromatic carbocycles. The lowest BCUT2D eigenvalue weighted by atomic mass is 10.2. The van der Waals surface area contributed by atoms with Gasteiger partial charge in [-0.15, -0.1) is 0 Å². The van der Waals surface area contributed by atoms with Gasteiger partial charge in [-0.3, -0.25) is 10.1 Å². The number of aromatic nitrogens is 2. The molecule has 0 bridgehead atoms. The predicted octanol–water partition coefficient (Wildman–Crippen LogP) is 1.65. The van der Waals surface area contributed by atoms with E-state index in [0.717, 1.165) is 0 Å². The first-order chi connectivity index (χ1) is 11.0. The van der Waals surface area contributed by atoms with Crippen LogP contribution in [0.25, 0.3) is 10.9 Å². The van der Waals surface area contributed by atoms with Crippen molar-refractivity contribution >= 4 is 34.1 Å². The van der Waals surface area contributed by atoms with Crippen molar-refractivity contribution in [1.82, 2.24) is 9.97 Å². The third-order valence-electron chi connectivity index (χ3n) is 3.21. The number of rotatable bonds is 4. The number of nitro benzene ring substituents is 1. The summed E-state index contributed by atoms with van der Waals surface area (Å²) in [7, 11) is 0. The van der Waals surface area contributed by atoms with E-state index in [4.69, 9.17) is 0 Å². The molecule has 0 aliphatic heterocycles. The summed E-state index contributed by atoms with van der Waals surface area (Å²) >= 11 is 0. The second-order valence-corrected chi connectivity index (χ2v) is 4.67. The number of hydrogen-bond acceptors (Lipinski definition) is 7. The fourth-order valence-electron chi connectivity index (χ4n) is 2.08. The van der Waals surface area contributed by atoms with Gasteiger partial charge in [-0.25, -0.2) is 9.97 Å². The molecule has 0 saturated heterocycles. The first-order valence-electron chi connectivity index (χ1n) is 6.52. The molecule has 0 atom stereocenters. The third-order valence-corrected chi connectivity index (χ3v) is 3.21. The number of carbonyl (C=O) groups is 1. The average molecular weight is 309 g/mol. The van der Waals surface area contributed by atoms with Gasteiger partial charge in [0.1, 0.15) is 12.1 Å². The summed E-state index contributed by atoms with van der Waals surface area (Å²) in [5.74, 6) is -0.875. The molecule has 1 aromatic heterocycles. The zero-order chi connectivity index (χ0) is 16.4. The molecule has 114 valence electrons. The highest BCUT2D eigenvalue weighted by atomic mass is 16.6. The Bertz CT molecular complexity index is 909. The van der Waals surface area contributed by atoms with Crippen molar-refractivity contribution in [3.05, 3.63) is 64.5 Å². The smallest absolute Gasteiger partial charge is 0.270 e. The molecule has 0 spiro atoms. The number of non-ortho nitro benzene ring substituents is 1. The normalized spacial score (nSPS) is 10.4.